The van der Waals surface area contributed by atoms with Gasteiger partial charge in [-0.2, -0.15) is 0 Å². The summed E-state index contributed by atoms with van der Waals surface area (Å²) in [5.74, 6) is 0.281. The summed E-state index contributed by atoms with van der Waals surface area (Å²) in [6.45, 7) is 2.55. The van der Waals surface area contributed by atoms with Gasteiger partial charge in [0.1, 0.15) is 5.82 Å². The van der Waals surface area contributed by atoms with Gasteiger partial charge in [0, 0.05) is 29.6 Å². The first-order chi connectivity index (χ1) is 16.4. The second-order valence-corrected chi connectivity index (χ2v) is 9.73. The number of aromatic amines is 1. The Bertz CT molecular complexity index is 1370. The summed E-state index contributed by atoms with van der Waals surface area (Å²) in [5.41, 5.74) is 3.33. The van der Waals surface area contributed by atoms with Crippen molar-refractivity contribution in [2.45, 2.75) is 18.6 Å². The van der Waals surface area contributed by atoms with Gasteiger partial charge < -0.3 is 14.5 Å². The predicted octanol–water partition coefficient (Wildman–Crippen LogP) is 4.97. The molecular weight excluding hydrogens is 455 g/mol. The predicted molar refractivity (Wildman–Crippen MR) is 131 cm³/mol. The lowest BCUT2D eigenvalue weighted by molar-refractivity contribution is 0.310. The van der Waals surface area contributed by atoms with Crippen LogP contribution in [0.25, 0.3) is 10.9 Å². The number of aromatic nitrogens is 1. The molecule has 0 radical (unpaired) electrons. The van der Waals surface area contributed by atoms with Crippen LogP contribution in [0.3, 0.4) is 0 Å². The summed E-state index contributed by atoms with van der Waals surface area (Å²) in [7, 11) is -2.09. The number of methoxy groups -OCH3 is 1. The van der Waals surface area contributed by atoms with Crippen LogP contribution in [0.1, 0.15) is 29.5 Å². The van der Waals surface area contributed by atoms with Crippen molar-refractivity contribution in [3.63, 3.8) is 0 Å². The van der Waals surface area contributed by atoms with Crippen molar-refractivity contribution in [1.82, 2.24) is 9.71 Å². The number of hydrogen-bond acceptors (Lipinski definition) is 4. The van der Waals surface area contributed by atoms with E-state index in [2.05, 4.69) is 9.71 Å². The third kappa shape index (κ3) is 5.40. The highest BCUT2D eigenvalue weighted by Crippen LogP contribution is 2.36. The highest BCUT2D eigenvalue weighted by atomic mass is 32.2. The number of rotatable bonds is 10. The van der Waals surface area contributed by atoms with Gasteiger partial charge in [-0.1, -0.05) is 36.4 Å². The molecule has 0 saturated carbocycles. The summed E-state index contributed by atoms with van der Waals surface area (Å²) >= 11 is 0. The van der Waals surface area contributed by atoms with E-state index in [1.165, 1.54) is 24.3 Å². The first-order valence-electron chi connectivity index (χ1n) is 11.0. The van der Waals surface area contributed by atoms with E-state index in [-0.39, 0.29) is 18.2 Å². The van der Waals surface area contributed by atoms with Gasteiger partial charge in [-0.3, -0.25) is 0 Å². The molecule has 178 valence electrons. The van der Waals surface area contributed by atoms with Crippen molar-refractivity contribution in [2.75, 3.05) is 20.3 Å². The molecule has 0 aliphatic rings. The summed E-state index contributed by atoms with van der Waals surface area (Å²) in [4.78, 5) is 3.27. The largest absolute Gasteiger partial charge is 0.493 e. The van der Waals surface area contributed by atoms with Crippen LogP contribution < -0.4 is 14.2 Å². The van der Waals surface area contributed by atoms with E-state index in [1.54, 1.807) is 7.11 Å². The van der Waals surface area contributed by atoms with Crippen molar-refractivity contribution >= 4 is 20.9 Å². The number of fused-ring (bicyclic) bond motifs is 1. The van der Waals surface area contributed by atoms with E-state index in [4.69, 9.17) is 9.47 Å². The number of H-pyrrole nitrogens is 1. The van der Waals surface area contributed by atoms with Crippen LogP contribution in [-0.4, -0.2) is 33.7 Å². The van der Waals surface area contributed by atoms with E-state index in [0.717, 1.165) is 22.0 Å². The van der Waals surface area contributed by atoms with Crippen LogP contribution in [0, 0.1) is 5.82 Å². The molecule has 6 nitrogen and oxygen atoms in total. The summed E-state index contributed by atoms with van der Waals surface area (Å²) in [6, 6.07) is 19.0. The number of hydrogen-bond donors (Lipinski definition) is 2. The van der Waals surface area contributed by atoms with Gasteiger partial charge in [-0.25, -0.2) is 17.5 Å². The number of nitrogens with one attached hydrogen (secondary N) is 2. The zero-order chi connectivity index (χ0) is 24.1. The maximum absolute atomic E-state index is 13.2. The number of para-hydroxylation sites is 1. The van der Waals surface area contributed by atoms with E-state index in [1.807, 2.05) is 55.6 Å². The van der Waals surface area contributed by atoms with Crippen molar-refractivity contribution in [1.29, 1.82) is 0 Å². The molecule has 0 aliphatic carbocycles. The standard InChI is InChI=1S/C26H27FN2O4S/c1-3-33-25-13-10-19(14-26(25)32-2)22(23-15-28-24-7-5-4-6-21(23)24)16-29-34(30,31)17-18-8-11-20(27)12-9-18/h4-15,22,28-29H,3,16-17H2,1-2H3. The van der Waals surface area contributed by atoms with E-state index < -0.39 is 15.8 Å². The number of ether oxygens (including phenoxy) is 2. The third-order valence-electron chi connectivity index (χ3n) is 5.66. The topological polar surface area (TPSA) is 80.4 Å². The molecule has 0 saturated heterocycles. The Morgan fingerprint density at radius 3 is 2.53 bits per heavy atom. The zero-order valence-corrected chi connectivity index (χ0v) is 19.9. The van der Waals surface area contributed by atoms with Crippen LogP contribution in [-0.2, 0) is 15.8 Å². The second-order valence-electron chi connectivity index (χ2n) is 7.92. The van der Waals surface area contributed by atoms with Crippen LogP contribution in [0.15, 0.2) is 72.9 Å². The minimum atomic E-state index is -3.67. The SMILES string of the molecule is CCOc1ccc(C(CNS(=O)(=O)Cc2ccc(F)cc2)c2c[nH]c3ccccc23)cc1OC. The summed E-state index contributed by atoms with van der Waals surface area (Å²) in [5, 5.41) is 1.01. The van der Waals surface area contributed by atoms with Gasteiger partial charge in [0.2, 0.25) is 10.0 Å². The van der Waals surface area contributed by atoms with Crippen molar-refractivity contribution < 1.29 is 22.3 Å². The van der Waals surface area contributed by atoms with Crippen LogP contribution in [0.2, 0.25) is 0 Å². The van der Waals surface area contributed by atoms with Crippen LogP contribution in [0.5, 0.6) is 11.5 Å². The number of halogens is 1. The normalized spacial score (nSPS) is 12.6. The maximum Gasteiger partial charge on any atom is 0.215 e. The Hall–Kier alpha value is -3.36. The lowest BCUT2D eigenvalue weighted by Crippen LogP contribution is -2.30. The Morgan fingerprint density at radius 1 is 1.03 bits per heavy atom. The Morgan fingerprint density at radius 2 is 1.79 bits per heavy atom. The van der Waals surface area contributed by atoms with Gasteiger partial charge in [-0.15, -0.1) is 0 Å². The smallest absolute Gasteiger partial charge is 0.215 e. The molecule has 0 amide bonds. The lowest BCUT2D eigenvalue weighted by atomic mass is 9.91. The van der Waals surface area contributed by atoms with E-state index >= 15 is 0 Å². The van der Waals surface area contributed by atoms with Gasteiger partial charge in [0.15, 0.2) is 11.5 Å². The minimum absolute atomic E-state index is 0.141. The zero-order valence-electron chi connectivity index (χ0n) is 19.0. The van der Waals surface area contributed by atoms with E-state index in [0.29, 0.717) is 23.7 Å². The monoisotopic (exact) mass is 482 g/mol. The molecule has 0 spiro atoms. The molecule has 1 heterocycles. The van der Waals surface area contributed by atoms with Crippen LogP contribution >= 0.6 is 0 Å². The van der Waals surface area contributed by atoms with Crippen molar-refractivity contribution in [2.24, 2.45) is 0 Å². The second kappa shape index (κ2) is 10.3. The van der Waals surface area contributed by atoms with Gasteiger partial charge >= 0.3 is 0 Å². The summed E-state index contributed by atoms with van der Waals surface area (Å²) in [6.07, 6.45) is 1.91. The van der Waals surface area contributed by atoms with Crippen LogP contribution in [0.4, 0.5) is 4.39 Å². The van der Waals surface area contributed by atoms with Crippen molar-refractivity contribution in [3.8, 4) is 11.5 Å². The molecule has 4 rings (SSSR count). The molecule has 34 heavy (non-hydrogen) atoms. The Labute approximate surface area is 198 Å². The fourth-order valence-corrected chi connectivity index (χ4v) is 5.18. The maximum atomic E-state index is 13.2. The average Bonchev–Trinajstić information content (AvgIpc) is 3.25. The molecule has 1 atom stereocenters. The highest BCUT2D eigenvalue weighted by molar-refractivity contribution is 7.88. The highest BCUT2D eigenvalue weighted by Gasteiger charge is 2.23. The molecule has 8 heteroatoms. The lowest BCUT2D eigenvalue weighted by Gasteiger charge is -2.20. The van der Waals surface area contributed by atoms with Gasteiger partial charge in [-0.05, 0) is 53.9 Å². The Kier molecular flexibility index (Phi) is 7.19. The molecule has 2 N–H and O–H groups in total. The van der Waals surface area contributed by atoms with Gasteiger partial charge in [0.25, 0.3) is 0 Å². The average molecular weight is 483 g/mol. The number of benzene rings is 3. The summed E-state index contributed by atoms with van der Waals surface area (Å²) < 4.78 is 52.8. The minimum Gasteiger partial charge on any atom is -0.493 e. The first-order valence-corrected chi connectivity index (χ1v) is 12.6. The third-order valence-corrected chi connectivity index (χ3v) is 6.98. The van der Waals surface area contributed by atoms with Crippen molar-refractivity contribution in [3.05, 3.63) is 95.4 Å². The fourth-order valence-electron chi connectivity index (χ4n) is 4.03. The molecular formula is C26H27FN2O4S. The quantitative estimate of drug-likeness (QED) is 0.335. The molecule has 0 fully saturated rings. The molecule has 0 aliphatic heterocycles. The van der Waals surface area contributed by atoms with Gasteiger partial charge in [0.05, 0.1) is 19.5 Å². The molecule has 1 aromatic heterocycles. The first kappa shape index (κ1) is 23.8. The molecule has 1 unspecified atom stereocenters. The molecule has 3 aromatic carbocycles. The fraction of sp³-hybridized carbons (Fsp3) is 0.231. The molecule has 4 aromatic rings. The molecule has 0 bridgehead atoms. The van der Waals surface area contributed by atoms with E-state index in [9.17, 15) is 12.8 Å². The Balaban J connectivity index is 1.66. The number of sulfonamides is 1.